The molecule has 0 fully saturated rings. The van der Waals surface area contributed by atoms with E-state index >= 15 is 0 Å². The predicted octanol–water partition coefficient (Wildman–Crippen LogP) is 10.2. The second kappa shape index (κ2) is 9.33. The number of fused-ring (bicyclic) bond motifs is 8. The molecule has 0 bridgehead atoms. The summed E-state index contributed by atoms with van der Waals surface area (Å²) >= 11 is 0. The maximum atomic E-state index is 6.21. The zero-order valence-electron chi connectivity index (χ0n) is 23.0. The summed E-state index contributed by atoms with van der Waals surface area (Å²) in [6, 6.07) is 48.1. The van der Waals surface area contributed by atoms with Crippen LogP contribution in [0.1, 0.15) is 0 Å². The highest BCUT2D eigenvalue weighted by Crippen LogP contribution is 2.39. The molecule has 0 aliphatic rings. The zero-order chi connectivity index (χ0) is 28.3. The minimum atomic E-state index is 0.615. The first kappa shape index (κ1) is 23.8. The van der Waals surface area contributed by atoms with Crippen molar-refractivity contribution in [2.24, 2.45) is 0 Å². The van der Waals surface area contributed by atoms with Gasteiger partial charge in [-0.05, 0) is 39.1 Å². The largest absolute Gasteiger partial charge is 0.456 e. The van der Waals surface area contributed by atoms with Crippen LogP contribution in [0.5, 0.6) is 0 Å². The maximum Gasteiger partial charge on any atom is 0.164 e. The van der Waals surface area contributed by atoms with E-state index in [0.717, 1.165) is 49.4 Å². The molecule has 0 atom stereocenters. The Morgan fingerprint density at radius 1 is 0.349 bits per heavy atom. The number of para-hydroxylation sites is 1. The van der Waals surface area contributed by atoms with Gasteiger partial charge in [-0.1, -0.05) is 127 Å². The number of nitrogens with zero attached hydrogens (tertiary/aromatic N) is 3. The normalized spacial score (nSPS) is 11.7. The van der Waals surface area contributed by atoms with Crippen molar-refractivity contribution in [1.29, 1.82) is 0 Å². The van der Waals surface area contributed by atoms with E-state index in [0.29, 0.717) is 17.5 Å². The maximum absolute atomic E-state index is 6.21. The molecule has 0 N–H and O–H groups in total. The molecule has 0 saturated carbocycles. The number of furan rings is 1. The van der Waals surface area contributed by atoms with E-state index in [2.05, 4.69) is 78.9 Å². The number of rotatable bonds is 3. The molecule has 43 heavy (non-hydrogen) atoms. The van der Waals surface area contributed by atoms with Gasteiger partial charge in [-0.15, -0.1) is 0 Å². The number of aromatic nitrogens is 3. The predicted molar refractivity (Wildman–Crippen MR) is 176 cm³/mol. The molecule has 0 aliphatic carbocycles. The van der Waals surface area contributed by atoms with Crippen molar-refractivity contribution in [2.75, 3.05) is 0 Å². The molecule has 4 heteroatoms. The van der Waals surface area contributed by atoms with Gasteiger partial charge in [0, 0.05) is 32.8 Å². The Morgan fingerprint density at radius 2 is 0.953 bits per heavy atom. The first-order valence-corrected chi connectivity index (χ1v) is 14.4. The Balaban J connectivity index is 1.37. The fourth-order valence-electron chi connectivity index (χ4n) is 6.36. The lowest BCUT2D eigenvalue weighted by Gasteiger charge is -2.13. The molecule has 9 rings (SSSR count). The average Bonchev–Trinajstić information content (AvgIpc) is 3.47. The van der Waals surface area contributed by atoms with Crippen LogP contribution in [0.25, 0.3) is 88.4 Å². The van der Waals surface area contributed by atoms with Crippen LogP contribution in [0.2, 0.25) is 0 Å². The van der Waals surface area contributed by atoms with Crippen molar-refractivity contribution in [3.8, 4) is 34.2 Å². The van der Waals surface area contributed by atoms with Gasteiger partial charge in [-0.3, -0.25) is 0 Å². The molecule has 0 unspecified atom stereocenters. The lowest BCUT2D eigenvalue weighted by atomic mass is 9.94. The summed E-state index contributed by atoms with van der Waals surface area (Å²) in [6.45, 7) is 0. The van der Waals surface area contributed by atoms with Crippen molar-refractivity contribution >= 4 is 54.3 Å². The number of benzene rings is 7. The monoisotopic (exact) mass is 549 g/mol. The molecule has 2 heterocycles. The Morgan fingerprint density at radius 3 is 1.81 bits per heavy atom. The molecular formula is C39H23N3O. The van der Waals surface area contributed by atoms with E-state index in [1.807, 2.05) is 60.7 Å². The van der Waals surface area contributed by atoms with Gasteiger partial charge in [0.1, 0.15) is 11.2 Å². The van der Waals surface area contributed by atoms with Crippen molar-refractivity contribution in [1.82, 2.24) is 15.0 Å². The lowest BCUT2D eigenvalue weighted by Crippen LogP contribution is -2.01. The average molecular weight is 550 g/mol. The molecule has 7 aromatic carbocycles. The van der Waals surface area contributed by atoms with Crippen LogP contribution in [-0.2, 0) is 0 Å². The molecule has 2 aromatic heterocycles. The van der Waals surface area contributed by atoms with Crippen LogP contribution < -0.4 is 0 Å². The topological polar surface area (TPSA) is 51.8 Å². The molecule has 4 nitrogen and oxygen atoms in total. The highest BCUT2D eigenvalue weighted by molar-refractivity contribution is 6.20. The third-order valence-corrected chi connectivity index (χ3v) is 8.32. The molecule has 0 spiro atoms. The minimum Gasteiger partial charge on any atom is -0.456 e. The zero-order valence-corrected chi connectivity index (χ0v) is 23.0. The van der Waals surface area contributed by atoms with E-state index in [1.165, 1.54) is 21.5 Å². The van der Waals surface area contributed by atoms with Gasteiger partial charge in [0.05, 0.1) is 0 Å². The fourth-order valence-corrected chi connectivity index (χ4v) is 6.36. The summed E-state index contributed by atoms with van der Waals surface area (Å²) in [5.41, 5.74) is 4.48. The van der Waals surface area contributed by atoms with Crippen LogP contribution in [0.3, 0.4) is 0 Å². The summed E-state index contributed by atoms with van der Waals surface area (Å²) in [5, 5.41) is 9.17. The molecule has 200 valence electrons. The van der Waals surface area contributed by atoms with Gasteiger partial charge in [-0.2, -0.15) is 0 Å². The Hall–Kier alpha value is -5.87. The van der Waals surface area contributed by atoms with Crippen molar-refractivity contribution in [3.05, 3.63) is 140 Å². The van der Waals surface area contributed by atoms with E-state index < -0.39 is 0 Å². The first-order valence-electron chi connectivity index (χ1n) is 14.4. The summed E-state index contributed by atoms with van der Waals surface area (Å²) in [7, 11) is 0. The van der Waals surface area contributed by atoms with Gasteiger partial charge in [0.15, 0.2) is 17.5 Å². The van der Waals surface area contributed by atoms with Gasteiger partial charge >= 0.3 is 0 Å². The second-order valence-corrected chi connectivity index (χ2v) is 10.8. The number of hydrogen-bond donors (Lipinski definition) is 0. The lowest BCUT2D eigenvalue weighted by molar-refractivity contribution is 0.669. The Kier molecular flexibility index (Phi) is 5.16. The van der Waals surface area contributed by atoms with Crippen LogP contribution in [0.15, 0.2) is 144 Å². The minimum absolute atomic E-state index is 0.615. The smallest absolute Gasteiger partial charge is 0.164 e. The van der Waals surface area contributed by atoms with Gasteiger partial charge in [-0.25, -0.2) is 15.0 Å². The van der Waals surface area contributed by atoms with Gasteiger partial charge < -0.3 is 4.42 Å². The summed E-state index contributed by atoms with van der Waals surface area (Å²) in [5.74, 6) is 1.89. The molecule has 0 aliphatic heterocycles. The summed E-state index contributed by atoms with van der Waals surface area (Å²) < 4.78 is 6.21. The van der Waals surface area contributed by atoms with Crippen LogP contribution in [0.4, 0.5) is 0 Å². The molecule has 0 radical (unpaired) electrons. The molecule has 0 amide bonds. The van der Waals surface area contributed by atoms with E-state index in [1.54, 1.807) is 0 Å². The van der Waals surface area contributed by atoms with E-state index in [9.17, 15) is 0 Å². The molecule has 0 saturated heterocycles. The van der Waals surface area contributed by atoms with Crippen LogP contribution in [-0.4, -0.2) is 15.0 Å². The third-order valence-electron chi connectivity index (χ3n) is 8.32. The Bertz CT molecular complexity index is 2510. The standard InChI is InChI=1S/C39H23N3O/c1-2-11-26(12-3-1)37-40-38(42-39(41-37)32-17-9-19-34-36(32)30-15-6-7-18-33(30)43-34)31-16-8-13-25-21-22-28-27-14-5-4-10-24(27)20-23-29(28)35(25)31/h1-23H. The quantitative estimate of drug-likeness (QED) is 0.206. The van der Waals surface area contributed by atoms with E-state index in [4.69, 9.17) is 19.4 Å². The van der Waals surface area contributed by atoms with Crippen molar-refractivity contribution < 1.29 is 4.42 Å². The van der Waals surface area contributed by atoms with Gasteiger partial charge in [0.2, 0.25) is 0 Å². The fraction of sp³-hybridized carbons (Fsp3) is 0. The molecular weight excluding hydrogens is 526 g/mol. The Labute approximate surface area is 246 Å². The van der Waals surface area contributed by atoms with E-state index in [-0.39, 0.29) is 0 Å². The van der Waals surface area contributed by atoms with Crippen LogP contribution in [0, 0.1) is 0 Å². The van der Waals surface area contributed by atoms with Crippen LogP contribution >= 0.6 is 0 Å². The summed E-state index contributed by atoms with van der Waals surface area (Å²) in [4.78, 5) is 15.3. The number of hydrogen-bond acceptors (Lipinski definition) is 4. The first-order chi connectivity index (χ1) is 21.3. The molecule has 9 aromatic rings. The third kappa shape index (κ3) is 3.74. The summed E-state index contributed by atoms with van der Waals surface area (Å²) in [6.07, 6.45) is 0. The van der Waals surface area contributed by atoms with Crippen molar-refractivity contribution in [2.45, 2.75) is 0 Å². The highest BCUT2D eigenvalue weighted by Gasteiger charge is 2.19. The van der Waals surface area contributed by atoms with Crippen molar-refractivity contribution in [3.63, 3.8) is 0 Å². The second-order valence-electron chi connectivity index (χ2n) is 10.8. The van der Waals surface area contributed by atoms with Gasteiger partial charge in [0.25, 0.3) is 0 Å². The SMILES string of the molecule is c1ccc(-c2nc(-c3cccc4ccc5c6ccccc6ccc5c34)nc(-c3cccc4oc5ccccc5c34)n2)cc1. The highest BCUT2D eigenvalue weighted by atomic mass is 16.3.